The lowest BCUT2D eigenvalue weighted by Crippen LogP contribution is -2.05. The Morgan fingerprint density at radius 1 is 1.38 bits per heavy atom. The number of nitrogens with one attached hydrogen (secondary N) is 1. The maximum absolute atomic E-state index is 4.43. The Balaban J connectivity index is 2.47. The van der Waals surface area contributed by atoms with Crippen molar-refractivity contribution in [2.45, 2.75) is 20.3 Å². The quantitative estimate of drug-likeness (QED) is 0.848. The summed E-state index contributed by atoms with van der Waals surface area (Å²) in [5, 5.41) is 7.26. The van der Waals surface area contributed by atoms with E-state index < -0.39 is 0 Å². The van der Waals surface area contributed by atoms with Gasteiger partial charge in [0.1, 0.15) is 11.6 Å². The van der Waals surface area contributed by atoms with Crippen LogP contribution in [0.5, 0.6) is 0 Å². The second-order valence-corrected chi connectivity index (χ2v) is 3.59. The van der Waals surface area contributed by atoms with Crippen LogP contribution in [-0.4, -0.2) is 26.8 Å². The Bertz CT molecular complexity index is 467. The van der Waals surface area contributed by atoms with E-state index in [1.165, 1.54) is 0 Å². The number of nitrogens with zero attached hydrogens (tertiary/aromatic N) is 4. The summed E-state index contributed by atoms with van der Waals surface area (Å²) in [4.78, 5) is 8.77. The Kier molecular flexibility index (Phi) is 2.85. The molecule has 0 saturated heterocycles. The third kappa shape index (κ3) is 2.03. The van der Waals surface area contributed by atoms with Gasteiger partial charge in [0, 0.05) is 25.7 Å². The molecule has 1 N–H and O–H groups in total. The molecule has 0 amide bonds. The van der Waals surface area contributed by atoms with Crippen LogP contribution in [0.4, 0.5) is 5.82 Å². The van der Waals surface area contributed by atoms with E-state index in [2.05, 4.69) is 20.4 Å². The molecule has 0 radical (unpaired) electrons. The Morgan fingerprint density at radius 3 is 2.75 bits per heavy atom. The van der Waals surface area contributed by atoms with Crippen molar-refractivity contribution in [1.29, 1.82) is 0 Å². The molecule has 84 valence electrons. The van der Waals surface area contributed by atoms with Gasteiger partial charge in [-0.25, -0.2) is 14.6 Å². The van der Waals surface area contributed by atoms with E-state index in [1.807, 2.05) is 39.4 Å². The van der Waals surface area contributed by atoms with E-state index in [4.69, 9.17) is 0 Å². The van der Waals surface area contributed by atoms with Crippen molar-refractivity contribution in [3.8, 4) is 5.82 Å². The van der Waals surface area contributed by atoms with E-state index in [0.29, 0.717) is 0 Å². The lowest BCUT2D eigenvalue weighted by Gasteiger charge is -2.06. The maximum Gasteiger partial charge on any atom is 0.159 e. The summed E-state index contributed by atoms with van der Waals surface area (Å²) in [6.45, 7) is 4.04. The minimum Gasteiger partial charge on any atom is -0.373 e. The molecule has 5 heteroatoms. The molecule has 0 aliphatic rings. The Labute approximate surface area is 94.5 Å². The third-order valence-electron chi connectivity index (χ3n) is 2.28. The average molecular weight is 217 g/mol. The van der Waals surface area contributed by atoms with Crippen molar-refractivity contribution in [1.82, 2.24) is 19.7 Å². The fourth-order valence-corrected chi connectivity index (χ4v) is 1.42. The molecule has 2 aromatic heterocycles. The zero-order valence-corrected chi connectivity index (χ0v) is 9.73. The van der Waals surface area contributed by atoms with Gasteiger partial charge in [0.05, 0.1) is 6.20 Å². The van der Waals surface area contributed by atoms with Gasteiger partial charge < -0.3 is 5.32 Å². The highest BCUT2D eigenvalue weighted by atomic mass is 15.3. The van der Waals surface area contributed by atoms with Crippen molar-refractivity contribution in [2.24, 2.45) is 0 Å². The van der Waals surface area contributed by atoms with Gasteiger partial charge >= 0.3 is 0 Å². The van der Waals surface area contributed by atoms with E-state index >= 15 is 0 Å². The van der Waals surface area contributed by atoms with Crippen LogP contribution in [0.25, 0.3) is 5.82 Å². The van der Waals surface area contributed by atoms with Crippen molar-refractivity contribution < 1.29 is 0 Å². The van der Waals surface area contributed by atoms with E-state index in [0.717, 1.165) is 29.4 Å². The van der Waals surface area contributed by atoms with Crippen LogP contribution in [0.3, 0.4) is 0 Å². The van der Waals surface area contributed by atoms with Gasteiger partial charge in [-0.05, 0) is 12.5 Å². The van der Waals surface area contributed by atoms with Crippen molar-refractivity contribution in [3.05, 3.63) is 29.8 Å². The van der Waals surface area contributed by atoms with Crippen LogP contribution >= 0.6 is 0 Å². The van der Waals surface area contributed by atoms with Crippen LogP contribution in [0.2, 0.25) is 0 Å². The lowest BCUT2D eigenvalue weighted by atomic mass is 10.4. The maximum atomic E-state index is 4.43. The molecule has 0 atom stereocenters. The molecule has 0 unspecified atom stereocenters. The van der Waals surface area contributed by atoms with Crippen molar-refractivity contribution >= 4 is 5.82 Å². The molecule has 16 heavy (non-hydrogen) atoms. The van der Waals surface area contributed by atoms with E-state index in [9.17, 15) is 0 Å². The highest BCUT2D eigenvalue weighted by Crippen LogP contribution is 2.11. The second-order valence-electron chi connectivity index (χ2n) is 3.59. The summed E-state index contributed by atoms with van der Waals surface area (Å²) in [5.41, 5.74) is 1.11. The number of rotatable bonds is 3. The third-order valence-corrected chi connectivity index (χ3v) is 2.28. The predicted octanol–water partition coefficient (Wildman–Crippen LogP) is 1.57. The summed E-state index contributed by atoms with van der Waals surface area (Å²) >= 11 is 0. The monoisotopic (exact) mass is 217 g/mol. The van der Waals surface area contributed by atoms with Gasteiger partial charge in [-0.2, -0.15) is 5.10 Å². The zero-order valence-electron chi connectivity index (χ0n) is 9.73. The lowest BCUT2D eigenvalue weighted by molar-refractivity contribution is 0.814. The summed E-state index contributed by atoms with van der Waals surface area (Å²) in [6, 6.07) is 1.88. The normalized spacial score (nSPS) is 10.4. The summed E-state index contributed by atoms with van der Waals surface area (Å²) in [7, 11) is 1.85. The number of aromatic nitrogens is 4. The summed E-state index contributed by atoms with van der Waals surface area (Å²) in [5.74, 6) is 2.43. The number of hydrogen-bond acceptors (Lipinski definition) is 4. The molecule has 2 heterocycles. The fourth-order valence-electron chi connectivity index (χ4n) is 1.42. The molecule has 2 rings (SSSR count). The number of anilines is 1. The first-order chi connectivity index (χ1) is 7.72. The predicted molar refractivity (Wildman–Crippen MR) is 62.8 cm³/mol. The Hall–Kier alpha value is -1.91. The molecule has 0 fully saturated rings. The van der Waals surface area contributed by atoms with Gasteiger partial charge in [0.15, 0.2) is 5.82 Å². The van der Waals surface area contributed by atoms with Gasteiger partial charge in [-0.1, -0.05) is 6.92 Å². The molecule has 0 bridgehead atoms. The molecule has 0 aromatic carbocycles. The molecule has 0 spiro atoms. The molecule has 5 nitrogen and oxygen atoms in total. The van der Waals surface area contributed by atoms with Crippen LogP contribution < -0.4 is 5.32 Å². The Morgan fingerprint density at radius 2 is 2.19 bits per heavy atom. The first-order valence-electron chi connectivity index (χ1n) is 5.30. The highest BCUT2D eigenvalue weighted by molar-refractivity contribution is 5.40. The van der Waals surface area contributed by atoms with Crippen molar-refractivity contribution in [2.75, 3.05) is 12.4 Å². The minimum absolute atomic E-state index is 0.796. The second kappa shape index (κ2) is 4.30. The molecule has 0 saturated carbocycles. The standard InChI is InChI=1S/C11H15N5/c1-4-9-14-10(12-3)5-11(15-9)16-7-8(2)6-13-16/h5-7H,4H2,1-3H3,(H,12,14,15). The van der Waals surface area contributed by atoms with Gasteiger partial charge in [-0.15, -0.1) is 0 Å². The van der Waals surface area contributed by atoms with Crippen LogP contribution in [0.1, 0.15) is 18.3 Å². The molecular formula is C11H15N5. The summed E-state index contributed by atoms with van der Waals surface area (Å²) in [6.07, 6.45) is 4.57. The van der Waals surface area contributed by atoms with E-state index in [1.54, 1.807) is 4.68 Å². The molecule has 0 aliphatic heterocycles. The topological polar surface area (TPSA) is 55.6 Å². The number of hydrogen-bond donors (Lipinski definition) is 1. The van der Waals surface area contributed by atoms with E-state index in [-0.39, 0.29) is 0 Å². The molecule has 2 aromatic rings. The SMILES string of the molecule is CCc1nc(NC)cc(-n2cc(C)cn2)n1. The first-order valence-corrected chi connectivity index (χ1v) is 5.30. The van der Waals surface area contributed by atoms with Crippen LogP contribution in [0.15, 0.2) is 18.5 Å². The van der Waals surface area contributed by atoms with Gasteiger partial charge in [0.2, 0.25) is 0 Å². The number of aryl methyl sites for hydroxylation is 2. The van der Waals surface area contributed by atoms with Crippen LogP contribution in [0, 0.1) is 6.92 Å². The van der Waals surface area contributed by atoms with Gasteiger partial charge in [-0.3, -0.25) is 0 Å². The first kappa shape index (κ1) is 10.6. The van der Waals surface area contributed by atoms with Crippen molar-refractivity contribution in [3.63, 3.8) is 0 Å². The minimum atomic E-state index is 0.796. The average Bonchev–Trinajstić information content (AvgIpc) is 2.75. The van der Waals surface area contributed by atoms with Crippen LogP contribution in [-0.2, 0) is 6.42 Å². The molecular weight excluding hydrogens is 202 g/mol. The molecule has 0 aliphatic carbocycles. The zero-order chi connectivity index (χ0) is 11.5. The fraction of sp³-hybridized carbons (Fsp3) is 0.364. The highest BCUT2D eigenvalue weighted by Gasteiger charge is 2.05. The summed E-state index contributed by atoms with van der Waals surface area (Å²) < 4.78 is 1.76. The largest absolute Gasteiger partial charge is 0.373 e. The van der Waals surface area contributed by atoms with Gasteiger partial charge in [0.25, 0.3) is 0 Å². The smallest absolute Gasteiger partial charge is 0.159 e.